The number of halogens is 1. The minimum atomic E-state index is 0.669. The van der Waals surface area contributed by atoms with Crippen LogP contribution in [0.15, 0.2) is 30.3 Å². The maximum Gasteiger partial charge on any atom is 0.0399 e. The molecule has 0 bridgehead atoms. The van der Waals surface area contributed by atoms with Crippen LogP contribution in [-0.4, -0.2) is 44.5 Å². The van der Waals surface area contributed by atoms with Gasteiger partial charge >= 0.3 is 0 Å². The number of nitrogens with zero attached hydrogens (tertiary/aromatic N) is 2. The molecule has 0 saturated carbocycles. The minimum Gasteiger partial charge on any atom is -0.369 e. The van der Waals surface area contributed by atoms with Crippen molar-refractivity contribution in [1.82, 2.24) is 4.90 Å². The first kappa shape index (κ1) is 12.3. The van der Waals surface area contributed by atoms with Crippen molar-refractivity contribution in [2.45, 2.75) is 0 Å². The molecular formula is C12H19ClN2. The van der Waals surface area contributed by atoms with Gasteiger partial charge in [-0.15, -0.1) is 11.6 Å². The van der Waals surface area contributed by atoms with Crippen molar-refractivity contribution < 1.29 is 0 Å². The molecule has 1 aromatic carbocycles. The van der Waals surface area contributed by atoms with Crippen molar-refractivity contribution >= 4 is 17.3 Å². The summed E-state index contributed by atoms with van der Waals surface area (Å²) in [6.07, 6.45) is 0. The highest BCUT2D eigenvalue weighted by Crippen LogP contribution is 2.12. The van der Waals surface area contributed by atoms with E-state index in [2.05, 4.69) is 48.2 Å². The highest BCUT2D eigenvalue weighted by molar-refractivity contribution is 6.18. The molecule has 0 amide bonds. The summed E-state index contributed by atoms with van der Waals surface area (Å²) in [6, 6.07) is 10.4. The number of anilines is 1. The lowest BCUT2D eigenvalue weighted by Gasteiger charge is -2.25. The van der Waals surface area contributed by atoms with Crippen molar-refractivity contribution in [1.29, 1.82) is 0 Å². The number of rotatable bonds is 6. The van der Waals surface area contributed by atoms with Gasteiger partial charge in [-0.1, -0.05) is 18.2 Å². The fourth-order valence-corrected chi connectivity index (χ4v) is 1.64. The maximum absolute atomic E-state index is 5.81. The van der Waals surface area contributed by atoms with Crippen molar-refractivity contribution in [2.75, 3.05) is 44.5 Å². The zero-order chi connectivity index (χ0) is 11.1. The first-order valence-electron chi connectivity index (χ1n) is 5.24. The van der Waals surface area contributed by atoms with Gasteiger partial charge in [-0.25, -0.2) is 0 Å². The van der Waals surface area contributed by atoms with Crippen LogP contribution in [0.5, 0.6) is 0 Å². The standard InChI is InChI=1S/C12H19ClN2/c1-14(2)10-11-15(9-8-13)12-6-4-3-5-7-12/h3-7H,8-11H2,1-2H3. The SMILES string of the molecule is CN(C)CCN(CCCl)c1ccccc1. The van der Waals surface area contributed by atoms with Crippen LogP contribution in [0.1, 0.15) is 0 Å². The molecule has 0 aliphatic rings. The first-order chi connectivity index (χ1) is 7.24. The molecule has 0 aliphatic carbocycles. The van der Waals surface area contributed by atoms with Gasteiger partial charge in [0, 0.05) is 31.2 Å². The number of hydrogen-bond donors (Lipinski definition) is 0. The Hall–Kier alpha value is -0.730. The molecule has 2 nitrogen and oxygen atoms in total. The van der Waals surface area contributed by atoms with E-state index >= 15 is 0 Å². The van der Waals surface area contributed by atoms with E-state index in [1.165, 1.54) is 5.69 Å². The van der Waals surface area contributed by atoms with E-state index in [0.29, 0.717) is 5.88 Å². The third-order valence-electron chi connectivity index (χ3n) is 2.29. The Morgan fingerprint density at radius 3 is 2.20 bits per heavy atom. The van der Waals surface area contributed by atoms with Gasteiger partial charge < -0.3 is 9.80 Å². The molecule has 0 atom stereocenters. The van der Waals surface area contributed by atoms with Crippen molar-refractivity contribution in [3.8, 4) is 0 Å². The van der Waals surface area contributed by atoms with Gasteiger partial charge in [-0.3, -0.25) is 0 Å². The van der Waals surface area contributed by atoms with E-state index in [0.717, 1.165) is 19.6 Å². The summed E-state index contributed by atoms with van der Waals surface area (Å²) in [4.78, 5) is 4.50. The Morgan fingerprint density at radius 2 is 1.67 bits per heavy atom. The predicted molar refractivity (Wildman–Crippen MR) is 67.9 cm³/mol. The number of alkyl halides is 1. The smallest absolute Gasteiger partial charge is 0.0399 e. The lowest BCUT2D eigenvalue weighted by Crippen LogP contribution is -2.33. The molecule has 84 valence electrons. The summed E-state index contributed by atoms with van der Waals surface area (Å²) in [5.74, 6) is 0.669. The molecule has 15 heavy (non-hydrogen) atoms. The highest BCUT2D eigenvalue weighted by Gasteiger charge is 2.04. The Labute approximate surface area is 97.4 Å². The van der Waals surface area contributed by atoms with Crippen LogP contribution in [0.3, 0.4) is 0 Å². The van der Waals surface area contributed by atoms with Crippen LogP contribution in [0.2, 0.25) is 0 Å². The van der Waals surface area contributed by atoms with Crippen LogP contribution in [0, 0.1) is 0 Å². The van der Waals surface area contributed by atoms with E-state index in [-0.39, 0.29) is 0 Å². The molecular weight excluding hydrogens is 208 g/mol. The summed E-state index contributed by atoms with van der Waals surface area (Å²) in [5, 5.41) is 0. The Balaban J connectivity index is 2.57. The highest BCUT2D eigenvalue weighted by atomic mass is 35.5. The summed E-state index contributed by atoms with van der Waals surface area (Å²) in [6.45, 7) is 2.97. The number of benzene rings is 1. The van der Waals surface area contributed by atoms with Crippen molar-refractivity contribution in [2.24, 2.45) is 0 Å². The van der Waals surface area contributed by atoms with Crippen molar-refractivity contribution in [3.05, 3.63) is 30.3 Å². The maximum atomic E-state index is 5.81. The van der Waals surface area contributed by atoms with Crippen LogP contribution < -0.4 is 4.90 Å². The fourth-order valence-electron chi connectivity index (χ4n) is 1.43. The van der Waals surface area contributed by atoms with Gasteiger partial charge in [0.25, 0.3) is 0 Å². The molecule has 0 radical (unpaired) electrons. The normalized spacial score (nSPS) is 10.7. The molecule has 0 aromatic heterocycles. The summed E-state index contributed by atoms with van der Waals surface area (Å²) >= 11 is 5.81. The van der Waals surface area contributed by atoms with Crippen LogP contribution >= 0.6 is 11.6 Å². The first-order valence-corrected chi connectivity index (χ1v) is 5.78. The average molecular weight is 227 g/mol. The monoisotopic (exact) mass is 226 g/mol. The lowest BCUT2D eigenvalue weighted by molar-refractivity contribution is 0.414. The quantitative estimate of drug-likeness (QED) is 0.687. The number of likely N-dealkylation sites (N-methyl/N-ethyl adjacent to an activating group) is 1. The molecule has 0 fully saturated rings. The summed E-state index contributed by atoms with van der Waals surface area (Å²) in [5.41, 5.74) is 1.25. The van der Waals surface area contributed by atoms with Crippen molar-refractivity contribution in [3.63, 3.8) is 0 Å². The second-order valence-corrected chi connectivity index (χ2v) is 4.19. The molecule has 3 heteroatoms. The number of hydrogen-bond acceptors (Lipinski definition) is 2. The van der Waals surface area contributed by atoms with Gasteiger partial charge in [0.05, 0.1) is 0 Å². The second-order valence-electron chi connectivity index (χ2n) is 3.81. The van der Waals surface area contributed by atoms with Gasteiger partial charge in [-0.05, 0) is 26.2 Å². The Kier molecular flexibility index (Phi) is 5.51. The molecule has 0 unspecified atom stereocenters. The second kappa shape index (κ2) is 6.70. The molecule has 0 heterocycles. The molecule has 1 rings (SSSR count). The van der Waals surface area contributed by atoms with E-state index in [9.17, 15) is 0 Å². The van der Waals surface area contributed by atoms with E-state index in [1.54, 1.807) is 0 Å². The number of para-hydroxylation sites is 1. The molecule has 0 aliphatic heterocycles. The zero-order valence-electron chi connectivity index (χ0n) is 9.49. The van der Waals surface area contributed by atoms with Gasteiger partial charge in [0.15, 0.2) is 0 Å². The van der Waals surface area contributed by atoms with Crippen LogP contribution in [0.4, 0.5) is 5.69 Å². The van der Waals surface area contributed by atoms with Crippen LogP contribution in [0.25, 0.3) is 0 Å². The molecule has 0 spiro atoms. The van der Waals surface area contributed by atoms with Gasteiger partial charge in [0.1, 0.15) is 0 Å². The predicted octanol–water partition coefficient (Wildman–Crippen LogP) is 2.29. The Bertz CT molecular complexity index is 262. The van der Waals surface area contributed by atoms with E-state index in [1.807, 2.05) is 6.07 Å². The molecule has 0 saturated heterocycles. The zero-order valence-corrected chi connectivity index (χ0v) is 10.2. The fraction of sp³-hybridized carbons (Fsp3) is 0.500. The average Bonchev–Trinajstić information content (AvgIpc) is 2.25. The summed E-state index contributed by atoms with van der Waals surface area (Å²) in [7, 11) is 4.17. The molecule has 1 aromatic rings. The Morgan fingerprint density at radius 1 is 1.00 bits per heavy atom. The van der Waals surface area contributed by atoms with Gasteiger partial charge in [-0.2, -0.15) is 0 Å². The van der Waals surface area contributed by atoms with Crippen LogP contribution in [-0.2, 0) is 0 Å². The largest absolute Gasteiger partial charge is 0.369 e. The van der Waals surface area contributed by atoms with E-state index < -0.39 is 0 Å². The topological polar surface area (TPSA) is 6.48 Å². The third-order valence-corrected chi connectivity index (χ3v) is 2.46. The van der Waals surface area contributed by atoms with E-state index in [4.69, 9.17) is 11.6 Å². The minimum absolute atomic E-state index is 0.669. The lowest BCUT2D eigenvalue weighted by atomic mass is 10.3. The molecule has 0 N–H and O–H groups in total. The third kappa shape index (κ3) is 4.54. The van der Waals surface area contributed by atoms with Gasteiger partial charge in [0.2, 0.25) is 0 Å². The summed E-state index contributed by atoms with van der Waals surface area (Å²) < 4.78 is 0.